The third-order valence-corrected chi connectivity index (χ3v) is 4.25. The van der Waals surface area contributed by atoms with Gasteiger partial charge in [0.2, 0.25) is 0 Å². The Balaban J connectivity index is 2.09. The van der Waals surface area contributed by atoms with E-state index in [0.29, 0.717) is 22.0 Å². The second kappa shape index (κ2) is 6.07. The highest BCUT2D eigenvalue weighted by molar-refractivity contribution is 7.80. The number of nitrogens with one attached hydrogen (secondary N) is 1. The number of hydrogen-bond donors (Lipinski definition) is 2. The minimum absolute atomic E-state index is 0.376. The smallest absolute Gasteiger partial charge is 0.104 e. The van der Waals surface area contributed by atoms with E-state index in [1.807, 2.05) is 18.2 Å². The maximum atomic E-state index is 6.28. The number of hydrogen-bond acceptors (Lipinski definition) is 3. The van der Waals surface area contributed by atoms with E-state index in [1.165, 1.54) is 0 Å². The van der Waals surface area contributed by atoms with Crippen LogP contribution in [0.5, 0.6) is 0 Å². The van der Waals surface area contributed by atoms with Crippen molar-refractivity contribution in [1.29, 1.82) is 0 Å². The number of likely N-dealkylation sites (tertiary alicyclic amines) is 1. The fourth-order valence-corrected chi connectivity index (χ4v) is 2.92. The predicted octanol–water partition coefficient (Wildman–Crippen LogP) is 2.73. The van der Waals surface area contributed by atoms with E-state index in [9.17, 15) is 0 Å². The summed E-state index contributed by atoms with van der Waals surface area (Å²) in [6, 6.07) is 6.16. The largest absolute Gasteiger partial charge is 0.389 e. The van der Waals surface area contributed by atoms with E-state index in [2.05, 4.69) is 24.2 Å². The summed E-state index contributed by atoms with van der Waals surface area (Å²) in [6.07, 6.45) is 1.13. The zero-order chi connectivity index (χ0) is 14.0. The van der Waals surface area contributed by atoms with Gasteiger partial charge in [0.05, 0.1) is 10.7 Å². The van der Waals surface area contributed by atoms with Gasteiger partial charge < -0.3 is 16.0 Å². The van der Waals surface area contributed by atoms with Crippen molar-refractivity contribution < 1.29 is 0 Å². The molecular weight excluding hydrogens is 278 g/mol. The number of benzene rings is 1. The Kier molecular flexibility index (Phi) is 4.66. The lowest BCUT2D eigenvalue weighted by atomic mass is 9.94. The number of anilines is 1. The van der Waals surface area contributed by atoms with Crippen molar-refractivity contribution in [2.75, 3.05) is 25.5 Å². The minimum Gasteiger partial charge on any atom is -0.389 e. The van der Waals surface area contributed by atoms with Gasteiger partial charge in [-0.2, -0.15) is 0 Å². The first-order valence-electron chi connectivity index (χ1n) is 6.52. The van der Waals surface area contributed by atoms with E-state index in [0.717, 1.165) is 30.8 Å². The van der Waals surface area contributed by atoms with Gasteiger partial charge in [-0.25, -0.2) is 0 Å². The van der Waals surface area contributed by atoms with Gasteiger partial charge in [-0.05, 0) is 44.1 Å². The first kappa shape index (κ1) is 14.6. The van der Waals surface area contributed by atoms with Crippen molar-refractivity contribution in [3.63, 3.8) is 0 Å². The van der Waals surface area contributed by atoms with Crippen molar-refractivity contribution in [3.05, 3.63) is 28.8 Å². The first-order valence-corrected chi connectivity index (χ1v) is 7.30. The van der Waals surface area contributed by atoms with Gasteiger partial charge in [-0.3, -0.25) is 0 Å². The monoisotopic (exact) mass is 297 g/mol. The van der Waals surface area contributed by atoms with E-state index in [-0.39, 0.29) is 0 Å². The van der Waals surface area contributed by atoms with Crippen molar-refractivity contribution in [2.45, 2.75) is 19.4 Å². The van der Waals surface area contributed by atoms with Crippen LogP contribution in [-0.4, -0.2) is 36.1 Å². The average Bonchev–Trinajstić information content (AvgIpc) is 2.34. The molecule has 104 valence electrons. The molecule has 0 bridgehead atoms. The van der Waals surface area contributed by atoms with Crippen molar-refractivity contribution in [2.24, 2.45) is 11.7 Å². The molecule has 1 aromatic carbocycles. The molecule has 0 radical (unpaired) electrons. The first-order chi connectivity index (χ1) is 8.97. The Bertz CT molecular complexity index is 478. The van der Waals surface area contributed by atoms with Crippen LogP contribution in [-0.2, 0) is 0 Å². The SMILES string of the molecule is CC1CN(C)CCC1Nc1ccc(C(N)=S)cc1Cl. The molecule has 3 N–H and O–H groups in total. The number of rotatable bonds is 3. The van der Waals surface area contributed by atoms with Crippen LogP contribution >= 0.6 is 23.8 Å². The molecule has 0 spiro atoms. The Morgan fingerprint density at radius 1 is 1.53 bits per heavy atom. The Labute approximate surface area is 125 Å². The molecule has 1 fully saturated rings. The van der Waals surface area contributed by atoms with Gasteiger partial charge in [0.25, 0.3) is 0 Å². The Morgan fingerprint density at radius 2 is 2.26 bits per heavy atom. The maximum Gasteiger partial charge on any atom is 0.104 e. The minimum atomic E-state index is 0.376. The molecule has 2 atom stereocenters. The average molecular weight is 298 g/mol. The number of halogens is 1. The van der Waals surface area contributed by atoms with E-state index >= 15 is 0 Å². The van der Waals surface area contributed by atoms with Gasteiger partial charge >= 0.3 is 0 Å². The second-order valence-electron chi connectivity index (χ2n) is 5.34. The quantitative estimate of drug-likeness (QED) is 0.842. The summed E-state index contributed by atoms with van der Waals surface area (Å²) in [5.41, 5.74) is 7.37. The summed E-state index contributed by atoms with van der Waals surface area (Å²) in [6.45, 7) is 4.50. The molecule has 1 aromatic rings. The topological polar surface area (TPSA) is 41.3 Å². The van der Waals surface area contributed by atoms with Crippen LogP contribution in [0, 0.1) is 5.92 Å². The zero-order valence-corrected chi connectivity index (χ0v) is 12.9. The van der Waals surface area contributed by atoms with Gasteiger partial charge in [-0.1, -0.05) is 30.7 Å². The molecule has 5 heteroatoms. The molecule has 2 unspecified atom stereocenters. The summed E-state index contributed by atoms with van der Waals surface area (Å²) in [5, 5.41) is 4.22. The Hall–Kier alpha value is -0.840. The van der Waals surface area contributed by atoms with Crippen LogP contribution < -0.4 is 11.1 Å². The number of thiocarbonyl (C=S) groups is 1. The van der Waals surface area contributed by atoms with Crippen molar-refractivity contribution >= 4 is 34.5 Å². The molecule has 1 aliphatic rings. The molecule has 3 nitrogen and oxygen atoms in total. The fourth-order valence-electron chi connectivity index (χ4n) is 2.55. The zero-order valence-electron chi connectivity index (χ0n) is 11.3. The molecule has 1 saturated heterocycles. The molecule has 19 heavy (non-hydrogen) atoms. The second-order valence-corrected chi connectivity index (χ2v) is 6.18. The third kappa shape index (κ3) is 3.59. The highest BCUT2D eigenvalue weighted by Crippen LogP contribution is 2.27. The summed E-state index contributed by atoms with van der Waals surface area (Å²) in [5.74, 6) is 0.602. The maximum absolute atomic E-state index is 6.28. The number of piperidine rings is 1. The highest BCUT2D eigenvalue weighted by Gasteiger charge is 2.24. The summed E-state index contributed by atoms with van der Waals surface area (Å²) < 4.78 is 0. The van der Waals surface area contributed by atoms with Crippen LogP contribution in [0.1, 0.15) is 18.9 Å². The predicted molar refractivity (Wildman–Crippen MR) is 86.0 cm³/mol. The van der Waals surface area contributed by atoms with Gasteiger partial charge in [0.1, 0.15) is 4.99 Å². The van der Waals surface area contributed by atoms with Gasteiger partial charge in [0, 0.05) is 18.2 Å². The van der Waals surface area contributed by atoms with Crippen LogP contribution in [0.15, 0.2) is 18.2 Å². The molecule has 1 heterocycles. The summed E-state index contributed by atoms with van der Waals surface area (Å²) in [7, 11) is 2.16. The van der Waals surface area contributed by atoms with E-state index < -0.39 is 0 Å². The lowest BCUT2D eigenvalue weighted by Crippen LogP contribution is -2.43. The summed E-state index contributed by atoms with van der Waals surface area (Å²) in [4.78, 5) is 2.74. The lowest BCUT2D eigenvalue weighted by Gasteiger charge is -2.36. The highest BCUT2D eigenvalue weighted by atomic mass is 35.5. The molecule has 2 rings (SSSR count). The van der Waals surface area contributed by atoms with Gasteiger partial charge in [0.15, 0.2) is 0 Å². The molecule has 0 aromatic heterocycles. The molecule has 1 aliphatic heterocycles. The van der Waals surface area contributed by atoms with Crippen LogP contribution in [0.3, 0.4) is 0 Å². The fraction of sp³-hybridized carbons (Fsp3) is 0.500. The molecule has 0 saturated carbocycles. The number of nitrogens with zero attached hydrogens (tertiary/aromatic N) is 1. The van der Waals surface area contributed by atoms with Crippen molar-refractivity contribution in [1.82, 2.24) is 4.90 Å². The number of nitrogens with two attached hydrogens (primary N) is 1. The van der Waals surface area contributed by atoms with E-state index in [1.54, 1.807) is 0 Å². The van der Waals surface area contributed by atoms with Crippen LogP contribution in [0.4, 0.5) is 5.69 Å². The molecule has 0 amide bonds. The third-order valence-electron chi connectivity index (χ3n) is 3.70. The molecule has 0 aliphatic carbocycles. The standard InChI is InChI=1S/C14H20ClN3S/c1-9-8-18(2)6-5-12(9)17-13-4-3-10(14(16)19)7-11(13)15/h3-4,7,9,12,17H,5-6,8H2,1-2H3,(H2,16,19). The normalized spacial score (nSPS) is 24.2. The van der Waals surface area contributed by atoms with Crippen LogP contribution in [0.2, 0.25) is 5.02 Å². The summed E-state index contributed by atoms with van der Waals surface area (Å²) >= 11 is 11.2. The lowest BCUT2D eigenvalue weighted by molar-refractivity contribution is 0.206. The van der Waals surface area contributed by atoms with E-state index in [4.69, 9.17) is 29.6 Å². The molecular formula is C14H20ClN3S. The van der Waals surface area contributed by atoms with Crippen LogP contribution in [0.25, 0.3) is 0 Å². The Morgan fingerprint density at radius 3 is 2.84 bits per heavy atom. The van der Waals surface area contributed by atoms with Crippen molar-refractivity contribution in [3.8, 4) is 0 Å². The van der Waals surface area contributed by atoms with Gasteiger partial charge in [-0.15, -0.1) is 0 Å².